The molecule has 7 N–H and O–H groups in total. The Morgan fingerprint density at radius 1 is 1.14 bits per heavy atom. The molecule has 206 valence electrons. The van der Waals surface area contributed by atoms with Gasteiger partial charge < -0.3 is 45.2 Å². The van der Waals surface area contributed by atoms with Gasteiger partial charge in [-0.05, 0) is 38.7 Å². The van der Waals surface area contributed by atoms with Crippen molar-refractivity contribution in [1.29, 1.82) is 0 Å². The van der Waals surface area contributed by atoms with Gasteiger partial charge in [-0.15, -0.1) is 0 Å². The number of carbonyl (C=O) groups excluding carboxylic acids is 2. The number of ether oxygens (including phenoxy) is 2. The minimum atomic E-state index is -1.76. The molecule has 0 amide bonds. The molecule has 4 rings (SSSR count). The third kappa shape index (κ3) is 4.41. The summed E-state index contributed by atoms with van der Waals surface area (Å²) >= 11 is 0. The van der Waals surface area contributed by atoms with Gasteiger partial charge in [-0.2, -0.15) is 0 Å². The van der Waals surface area contributed by atoms with Crippen molar-refractivity contribution in [2.45, 2.75) is 95.1 Å². The standard InChI is InChI=1S/C26H36O11/c1-11(28)7-12-8-13-14(29)9-16-25(2,17(13)20(32)18(12)30)5-4-6-26(16,3)24(35)37-23-22(34)21(33)19(31)15(10-27)36-23/h8,11,15-16,19,21-23,27-28,30-34H,4-7,9-10H2,1-3H3/t11-,15+,16+,19+,21-,22+,23-,25-,26-/m0/s1. The molecule has 1 saturated heterocycles. The molecular formula is C26H36O11. The zero-order valence-corrected chi connectivity index (χ0v) is 21.1. The van der Waals surface area contributed by atoms with E-state index in [2.05, 4.69) is 0 Å². The normalized spacial score (nSPS) is 38.4. The van der Waals surface area contributed by atoms with Crippen molar-refractivity contribution in [2.24, 2.45) is 11.3 Å². The van der Waals surface area contributed by atoms with Gasteiger partial charge in [0.25, 0.3) is 0 Å². The molecule has 11 nitrogen and oxygen atoms in total. The highest BCUT2D eigenvalue weighted by atomic mass is 16.7. The molecule has 2 fully saturated rings. The second kappa shape index (κ2) is 9.79. The van der Waals surface area contributed by atoms with E-state index in [1.54, 1.807) is 6.92 Å². The van der Waals surface area contributed by atoms with E-state index < -0.39 is 77.6 Å². The Balaban J connectivity index is 1.69. The van der Waals surface area contributed by atoms with Crippen molar-refractivity contribution < 1.29 is 54.8 Å². The summed E-state index contributed by atoms with van der Waals surface area (Å²) in [4.78, 5) is 26.9. The number of carbonyl (C=O) groups is 2. The van der Waals surface area contributed by atoms with Crippen LogP contribution in [0.4, 0.5) is 0 Å². The number of fused-ring (bicyclic) bond motifs is 3. The molecule has 37 heavy (non-hydrogen) atoms. The van der Waals surface area contributed by atoms with Crippen molar-refractivity contribution in [3.8, 4) is 11.5 Å². The Bertz CT molecular complexity index is 1070. The summed E-state index contributed by atoms with van der Waals surface area (Å²) in [5.41, 5.74) is -1.40. The fourth-order valence-electron chi connectivity index (χ4n) is 6.55. The number of aromatic hydroxyl groups is 2. The van der Waals surface area contributed by atoms with Crippen LogP contribution in [0.15, 0.2) is 6.07 Å². The average Bonchev–Trinajstić information content (AvgIpc) is 2.83. The molecule has 1 aromatic rings. The van der Waals surface area contributed by atoms with Gasteiger partial charge in [-0.1, -0.05) is 13.3 Å². The predicted molar refractivity (Wildman–Crippen MR) is 127 cm³/mol. The first-order valence-corrected chi connectivity index (χ1v) is 12.6. The van der Waals surface area contributed by atoms with Gasteiger partial charge in [0.1, 0.15) is 24.4 Å². The van der Waals surface area contributed by atoms with Gasteiger partial charge in [0, 0.05) is 34.9 Å². The number of phenolic OH excluding ortho intramolecular Hbond substituents is 2. The van der Waals surface area contributed by atoms with Crippen LogP contribution in [0.5, 0.6) is 11.5 Å². The van der Waals surface area contributed by atoms with E-state index in [0.29, 0.717) is 19.3 Å². The van der Waals surface area contributed by atoms with Crippen molar-refractivity contribution >= 4 is 11.8 Å². The van der Waals surface area contributed by atoms with Crippen LogP contribution in [0.25, 0.3) is 0 Å². The monoisotopic (exact) mass is 524 g/mol. The summed E-state index contributed by atoms with van der Waals surface area (Å²) in [7, 11) is 0. The smallest absolute Gasteiger partial charge is 0.314 e. The summed E-state index contributed by atoms with van der Waals surface area (Å²) in [5, 5.41) is 71.4. The lowest BCUT2D eigenvalue weighted by Crippen LogP contribution is -2.61. The van der Waals surface area contributed by atoms with Crippen molar-refractivity contribution in [3.05, 3.63) is 22.8 Å². The van der Waals surface area contributed by atoms with Crippen LogP contribution in [-0.2, 0) is 26.1 Å². The van der Waals surface area contributed by atoms with Crippen LogP contribution in [0.2, 0.25) is 0 Å². The average molecular weight is 525 g/mol. The first kappa shape index (κ1) is 27.7. The van der Waals surface area contributed by atoms with Gasteiger partial charge in [0.2, 0.25) is 6.29 Å². The number of aliphatic hydroxyl groups is 5. The van der Waals surface area contributed by atoms with Gasteiger partial charge in [-0.25, -0.2) is 0 Å². The maximum Gasteiger partial charge on any atom is 0.314 e. The number of ketones is 1. The topological polar surface area (TPSA) is 194 Å². The van der Waals surface area contributed by atoms with Crippen LogP contribution >= 0.6 is 0 Å². The fraction of sp³-hybridized carbons (Fsp3) is 0.692. The number of hydrogen-bond donors (Lipinski definition) is 7. The number of hydrogen-bond acceptors (Lipinski definition) is 11. The van der Waals surface area contributed by atoms with Crippen LogP contribution in [-0.4, -0.2) is 90.9 Å². The number of esters is 1. The van der Waals surface area contributed by atoms with E-state index >= 15 is 0 Å². The third-order valence-electron chi connectivity index (χ3n) is 8.60. The highest BCUT2D eigenvalue weighted by Gasteiger charge is 2.59. The zero-order valence-electron chi connectivity index (χ0n) is 21.1. The minimum absolute atomic E-state index is 0.0396. The summed E-state index contributed by atoms with van der Waals surface area (Å²) in [6.07, 6.45) is -7.41. The Morgan fingerprint density at radius 3 is 2.43 bits per heavy atom. The van der Waals surface area contributed by atoms with Gasteiger partial charge in [0.15, 0.2) is 17.3 Å². The van der Waals surface area contributed by atoms with E-state index in [-0.39, 0.29) is 35.3 Å². The summed E-state index contributed by atoms with van der Waals surface area (Å²) in [6.45, 7) is 4.32. The van der Waals surface area contributed by atoms with Crippen LogP contribution in [0.1, 0.15) is 67.9 Å². The maximum atomic E-state index is 13.6. The van der Waals surface area contributed by atoms with Gasteiger partial charge >= 0.3 is 5.97 Å². The van der Waals surface area contributed by atoms with Crippen molar-refractivity contribution in [3.63, 3.8) is 0 Å². The second-order valence-corrected chi connectivity index (χ2v) is 11.2. The molecule has 1 saturated carbocycles. The minimum Gasteiger partial charge on any atom is -0.504 e. The number of aliphatic hydroxyl groups excluding tert-OH is 5. The number of Topliss-reactive ketones (excluding diaryl/α,β-unsaturated/α-hetero) is 1. The molecule has 0 bridgehead atoms. The van der Waals surface area contributed by atoms with E-state index in [1.807, 2.05) is 6.92 Å². The SMILES string of the molecule is C[C@H](O)Cc1cc2c(c(O)c1O)[C@@]1(C)CCC[C@](C)(C(=O)O[C@@H]3O[C@H](CO)[C@@H](O)[C@H](O)[C@H]3O)[C@@H]1CC2=O. The Morgan fingerprint density at radius 2 is 1.81 bits per heavy atom. The maximum absolute atomic E-state index is 13.6. The van der Waals surface area contributed by atoms with Crippen molar-refractivity contribution in [2.75, 3.05) is 6.61 Å². The Labute approximate surface area is 214 Å². The molecule has 0 spiro atoms. The van der Waals surface area contributed by atoms with Crippen molar-refractivity contribution in [1.82, 2.24) is 0 Å². The predicted octanol–water partition coefficient (Wildman–Crippen LogP) is 0.0147. The van der Waals surface area contributed by atoms with E-state index in [4.69, 9.17) is 9.47 Å². The molecule has 11 heteroatoms. The van der Waals surface area contributed by atoms with E-state index in [0.717, 1.165) is 0 Å². The molecular weight excluding hydrogens is 488 g/mol. The lowest BCUT2D eigenvalue weighted by Gasteiger charge is -2.53. The largest absolute Gasteiger partial charge is 0.504 e. The quantitative estimate of drug-likeness (QED) is 0.203. The number of phenols is 2. The first-order chi connectivity index (χ1) is 17.3. The van der Waals surface area contributed by atoms with Crippen LogP contribution in [0.3, 0.4) is 0 Å². The highest BCUT2D eigenvalue weighted by Crippen LogP contribution is 2.60. The molecule has 1 aliphatic heterocycles. The molecule has 0 aromatic heterocycles. The Kier molecular flexibility index (Phi) is 7.34. The molecule has 3 aliphatic rings. The fourth-order valence-corrected chi connectivity index (χ4v) is 6.55. The highest BCUT2D eigenvalue weighted by molar-refractivity contribution is 6.01. The lowest BCUT2D eigenvalue weighted by molar-refractivity contribution is -0.296. The summed E-state index contributed by atoms with van der Waals surface area (Å²) in [6, 6.07) is 1.50. The third-order valence-corrected chi connectivity index (χ3v) is 8.60. The Hall–Kier alpha value is -2.28. The second-order valence-electron chi connectivity index (χ2n) is 11.2. The summed E-state index contributed by atoms with van der Waals surface area (Å²) < 4.78 is 10.8. The molecule has 0 unspecified atom stereocenters. The number of rotatable bonds is 5. The molecule has 1 aromatic carbocycles. The molecule has 9 atom stereocenters. The molecule has 1 heterocycles. The van der Waals surface area contributed by atoms with E-state index in [1.165, 1.54) is 13.0 Å². The van der Waals surface area contributed by atoms with Crippen LogP contribution < -0.4 is 0 Å². The summed E-state index contributed by atoms with van der Waals surface area (Å²) in [5.74, 6) is -2.61. The number of benzene rings is 1. The molecule has 0 radical (unpaired) electrons. The first-order valence-electron chi connectivity index (χ1n) is 12.6. The lowest BCUT2D eigenvalue weighted by atomic mass is 9.49. The molecule has 2 aliphatic carbocycles. The van der Waals surface area contributed by atoms with Gasteiger partial charge in [-0.3, -0.25) is 9.59 Å². The van der Waals surface area contributed by atoms with Gasteiger partial charge in [0.05, 0.1) is 18.1 Å². The van der Waals surface area contributed by atoms with E-state index in [9.17, 15) is 45.3 Å². The zero-order chi connectivity index (χ0) is 27.4. The van der Waals surface area contributed by atoms with Crippen LogP contribution in [0, 0.1) is 11.3 Å².